The van der Waals surface area contributed by atoms with Gasteiger partial charge in [-0.3, -0.25) is 0 Å². The molecular weight excluding hydrogens is 370 g/mol. The van der Waals surface area contributed by atoms with Crippen LogP contribution in [0.2, 0.25) is 0 Å². The summed E-state index contributed by atoms with van der Waals surface area (Å²) < 4.78 is 13.5. The van der Waals surface area contributed by atoms with E-state index < -0.39 is 0 Å². The first kappa shape index (κ1) is 20.5. The molecular formula is C21H33N5O3. The van der Waals surface area contributed by atoms with Crippen LogP contribution in [0.4, 0.5) is 5.82 Å². The Morgan fingerprint density at radius 1 is 1.21 bits per heavy atom. The standard InChI is InChI=1S/C21H33N5O3/c1-4-26(16-5-8-29-20(2,3)11-16)19-17-18(22-14-23-19)25(15-24-17)12-21(13-27)6-9-28-10-7-21/h14-16,27H,4-13H2,1-3H3. The first-order valence-electron chi connectivity index (χ1n) is 10.7. The largest absolute Gasteiger partial charge is 0.396 e. The molecule has 2 saturated heterocycles. The van der Waals surface area contributed by atoms with Crippen molar-refractivity contribution >= 4 is 17.0 Å². The highest BCUT2D eigenvalue weighted by atomic mass is 16.5. The second-order valence-electron chi connectivity index (χ2n) is 9.05. The number of aliphatic hydroxyl groups is 1. The molecule has 0 aromatic carbocycles. The van der Waals surface area contributed by atoms with Crippen molar-refractivity contribution in [3.05, 3.63) is 12.7 Å². The Bertz CT molecular complexity index is 831. The summed E-state index contributed by atoms with van der Waals surface area (Å²) in [6.07, 6.45) is 7.12. The summed E-state index contributed by atoms with van der Waals surface area (Å²) in [6.45, 7) is 10.3. The molecule has 0 saturated carbocycles. The highest BCUT2D eigenvalue weighted by molar-refractivity contribution is 5.83. The van der Waals surface area contributed by atoms with Crippen LogP contribution >= 0.6 is 0 Å². The molecule has 1 atom stereocenters. The fraction of sp³-hybridized carbons (Fsp3) is 0.762. The van der Waals surface area contributed by atoms with Crippen molar-refractivity contribution in [3.63, 3.8) is 0 Å². The molecule has 2 aromatic heterocycles. The van der Waals surface area contributed by atoms with Gasteiger partial charge in [0.05, 0.1) is 18.5 Å². The number of rotatable bonds is 6. The van der Waals surface area contributed by atoms with Gasteiger partial charge >= 0.3 is 0 Å². The van der Waals surface area contributed by atoms with Gasteiger partial charge in [0, 0.05) is 44.4 Å². The van der Waals surface area contributed by atoms with Gasteiger partial charge in [-0.25, -0.2) is 15.0 Å². The molecule has 8 heteroatoms. The van der Waals surface area contributed by atoms with Gasteiger partial charge in [0.15, 0.2) is 17.0 Å². The number of aliphatic hydroxyl groups excluding tert-OH is 1. The average Bonchev–Trinajstić information content (AvgIpc) is 3.12. The van der Waals surface area contributed by atoms with Gasteiger partial charge in [-0.2, -0.15) is 0 Å². The third-order valence-electron chi connectivity index (χ3n) is 6.50. The zero-order valence-electron chi connectivity index (χ0n) is 17.8. The highest BCUT2D eigenvalue weighted by Crippen LogP contribution is 2.35. The van der Waals surface area contributed by atoms with Crippen LogP contribution in [0.3, 0.4) is 0 Å². The van der Waals surface area contributed by atoms with Crippen molar-refractivity contribution in [2.75, 3.05) is 37.9 Å². The molecule has 2 aromatic rings. The van der Waals surface area contributed by atoms with Crippen LogP contribution < -0.4 is 4.90 Å². The molecule has 2 fully saturated rings. The number of nitrogens with zero attached hydrogens (tertiary/aromatic N) is 5. The lowest BCUT2D eigenvalue weighted by atomic mass is 9.81. The summed E-state index contributed by atoms with van der Waals surface area (Å²) in [6, 6.07) is 0.367. The van der Waals surface area contributed by atoms with Gasteiger partial charge in [0.25, 0.3) is 0 Å². The first-order chi connectivity index (χ1) is 14.0. The fourth-order valence-electron chi connectivity index (χ4n) is 4.77. The van der Waals surface area contributed by atoms with E-state index >= 15 is 0 Å². The summed E-state index contributed by atoms with van der Waals surface area (Å²) in [5, 5.41) is 10.1. The van der Waals surface area contributed by atoms with Crippen LogP contribution in [-0.2, 0) is 16.0 Å². The number of ether oxygens (including phenoxy) is 2. The van der Waals surface area contributed by atoms with Crippen molar-refractivity contribution in [1.82, 2.24) is 19.5 Å². The zero-order valence-corrected chi connectivity index (χ0v) is 17.8. The van der Waals surface area contributed by atoms with E-state index in [0.717, 1.165) is 55.8 Å². The Morgan fingerprint density at radius 2 is 2.00 bits per heavy atom. The second kappa shape index (κ2) is 8.16. The molecule has 2 aliphatic heterocycles. The molecule has 0 bridgehead atoms. The molecule has 8 nitrogen and oxygen atoms in total. The Kier molecular flexibility index (Phi) is 5.77. The molecule has 0 spiro atoms. The topological polar surface area (TPSA) is 85.5 Å². The van der Waals surface area contributed by atoms with E-state index in [2.05, 4.69) is 40.2 Å². The molecule has 0 radical (unpaired) electrons. The van der Waals surface area contributed by atoms with E-state index in [0.29, 0.717) is 25.8 Å². The average molecular weight is 404 g/mol. The van der Waals surface area contributed by atoms with E-state index in [1.165, 1.54) is 0 Å². The van der Waals surface area contributed by atoms with Gasteiger partial charge in [-0.05, 0) is 46.5 Å². The monoisotopic (exact) mass is 403 g/mol. The second-order valence-corrected chi connectivity index (χ2v) is 9.05. The summed E-state index contributed by atoms with van der Waals surface area (Å²) in [7, 11) is 0. The smallest absolute Gasteiger partial charge is 0.165 e. The maximum absolute atomic E-state index is 10.1. The molecule has 0 amide bonds. The Hall–Kier alpha value is -1.77. The number of imidazole rings is 1. The van der Waals surface area contributed by atoms with E-state index in [1.54, 1.807) is 6.33 Å². The predicted octanol–water partition coefficient (Wildman–Crippen LogP) is 2.40. The summed E-state index contributed by atoms with van der Waals surface area (Å²) in [5.41, 5.74) is 1.36. The summed E-state index contributed by atoms with van der Waals surface area (Å²) in [5.74, 6) is 0.893. The number of fused-ring (bicyclic) bond motifs is 1. The van der Waals surface area contributed by atoms with Crippen LogP contribution in [0.15, 0.2) is 12.7 Å². The predicted molar refractivity (Wildman–Crippen MR) is 111 cm³/mol. The van der Waals surface area contributed by atoms with Crippen molar-refractivity contribution in [1.29, 1.82) is 0 Å². The van der Waals surface area contributed by atoms with E-state index in [-0.39, 0.29) is 17.6 Å². The number of hydrogen-bond acceptors (Lipinski definition) is 7. The van der Waals surface area contributed by atoms with Gasteiger partial charge in [-0.15, -0.1) is 0 Å². The van der Waals surface area contributed by atoms with E-state index in [9.17, 15) is 5.11 Å². The van der Waals surface area contributed by atoms with Crippen molar-refractivity contribution in [2.24, 2.45) is 5.41 Å². The van der Waals surface area contributed by atoms with Crippen LogP contribution in [0.5, 0.6) is 0 Å². The lowest BCUT2D eigenvalue weighted by Crippen LogP contribution is -2.46. The van der Waals surface area contributed by atoms with Crippen LogP contribution in [0.25, 0.3) is 11.2 Å². The lowest BCUT2D eigenvalue weighted by molar-refractivity contribution is -0.0588. The Morgan fingerprint density at radius 3 is 2.69 bits per heavy atom. The minimum Gasteiger partial charge on any atom is -0.396 e. The van der Waals surface area contributed by atoms with Crippen molar-refractivity contribution in [2.45, 2.75) is 64.6 Å². The SMILES string of the molecule is CCN(c1ncnc2c1ncn2CC1(CO)CCOCC1)C1CCOC(C)(C)C1. The minimum atomic E-state index is -0.174. The molecule has 4 heterocycles. The van der Waals surface area contributed by atoms with Crippen LogP contribution in [-0.4, -0.2) is 69.2 Å². The molecule has 1 N–H and O–H groups in total. The number of anilines is 1. The molecule has 2 aliphatic rings. The van der Waals surface area contributed by atoms with Crippen molar-refractivity contribution in [3.8, 4) is 0 Å². The van der Waals surface area contributed by atoms with E-state index in [4.69, 9.17) is 14.5 Å². The highest BCUT2D eigenvalue weighted by Gasteiger charge is 2.35. The zero-order chi connectivity index (χ0) is 20.5. The van der Waals surface area contributed by atoms with Crippen molar-refractivity contribution < 1.29 is 14.6 Å². The Balaban J connectivity index is 1.64. The maximum Gasteiger partial charge on any atom is 0.165 e. The normalized spacial score (nSPS) is 23.9. The number of hydrogen-bond donors (Lipinski definition) is 1. The first-order valence-corrected chi connectivity index (χ1v) is 10.7. The molecule has 160 valence electrons. The molecule has 1 unspecified atom stereocenters. The van der Waals surface area contributed by atoms with Crippen LogP contribution in [0.1, 0.15) is 46.5 Å². The third-order valence-corrected chi connectivity index (χ3v) is 6.50. The lowest BCUT2D eigenvalue weighted by Gasteiger charge is -2.41. The maximum atomic E-state index is 10.1. The van der Waals surface area contributed by atoms with E-state index in [1.807, 2.05) is 6.33 Å². The molecule has 29 heavy (non-hydrogen) atoms. The third kappa shape index (κ3) is 4.11. The van der Waals surface area contributed by atoms with Gasteiger partial charge in [0.1, 0.15) is 6.33 Å². The fourth-order valence-corrected chi connectivity index (χ4v) is 4.77. The number of aromatic nitrogens is 4. The Labute approximate surface area is 172 Å². The quantitative estimate of drug-likeness (QED) is 0.793. The van der Waals surface area contributed by atoms with Gasteiger partial charge < -0.3 is 24.0 Å². The summed E-state index contributed by atoms with van der Waals surface area (Å²) in [4.78, 5) is 16.2. The molecule has 4 rings (SSSR count). The van der Waals surface area contributed by atoms with Gasteiger partial charge in [-0.1, -0.05) is 0 Å². The molecule has 0 aliphatic carbocycles. The van der Waals surface area contributed by atoms with Gasteiger partial charge in [0.2, 0.25) is 0 Å². The van der Waals surface area contributed by atoms with Crippen LogP contribution in [0, 0.1) is 5.41 Å². The summed E-state index contributed by atoms with van der Waals surface area (Å²) >= 11 is 0. The minimum absolute atomic E-state index is 0.127.